The Labute approximate surface area is 71.8 Å². The summed E-state index contributed by atoms with van der Waals surface area (Å²) in [4.78, 5) is 13.3. The number of aryl methyl sites for hydroxylation is 1. The van der Waals surface area contributed by atoms with E-state index >= 15 is 0 Å². The predicted molar refractivity (Wildman–Crippen MR) is 47.1 cm³/mol. The molecule has 2 rings (SSSR count). The first-order valence-electron chi connectivity index (χ1n) is 4.13. The summed E-state index contributed by atoms with van der Waals surface area (Å²) < 4.78 is 0. The lowest BCUT2D eigenvalue weighted by atomic mass is 10.1. The molecule has 2 nitrogen and oxygen atoms in total. The van der Waals surface area contributed by atoms with E-state index < -0.39 is 0 Å². The van der Waals surface area contributed by atoms with Crippen LogP contribution in [0.2, 0.25) is 0 Å². The van der Waals surface area contributed by atoms with Crippen LogP contribution in [0.4, 0.5) is 0 Å². The minimum absolute atomic E-state index is 0.162. The standard InChI is InChI=1S/C10H11NO/c1-8-2-4-9(5-3-8)10(12)11-6-7-11/h2-5H,6-7H2,1H3. The highest BCUT2D eigenvalue weighted by molar-refractivity contribution is 5.95. The van der Waals surface area contributed by atoms with Crippen LogP contribution in [0.3, 0.4) is 0 Å². The molecule has 12 heavy (non-hydrogen) atoms. The van der Waals surface area contributed by atoms with Gasteiger partial charge in [-0.1, -0.05) is 17.7 Å². The molecule has 1 amide bonds. The topological polar surface area (TPSA) is 20.1 Å². The monoisotopic (exact) mass is 161 g/mol. The largest absolute Gasteiger partial charge is 0.335 e. The fourth-order valence-electron chi connectivity index (χ4n) is 1.13. The molecule has 0 aromatic heterocycles. The zero-order valence-electron chi connectivity index (χ0n) is 7.08. The summed E-state index contributed by atoms with van der Waals surface area (Å²) in [5.41, 5.74) is 2.00. The maximum Gasteiger partial charge on any atom is 0.253 e. The Morgan fingerprint density at radius 3 is 2.33 bits per heavy atom. The van der Waals surface area contributed by atoms with Crippen LogP contribution in [0.25, 0.3) is 0 Å². The number of carbonyl (C=O) groups is 1. The molecule has 1 aromatic rings. The summed E-state index contributed by atoms with van der Waals surface area (Å²) in [6.07, 6.45) is 0. The smallest absolute Gasteiger partial charge is 0.253 e. The van der Waals surface area contributed by atoms with Crippen LogP contribution < -0.4 is 0 Å². The number of nitrogens with zero attached hydrogens (tertiary/aromatic N) is 1. The molecule has 1 fully saturated rings. The molecule has 0 N–H and O–H groups in total. The summed E-state index contributed by atoms with van der Waals surface area (Å²) in [5.74, 6) is 0.162. The molecule has 0 unspecified atom stereocenters. The molecule has 1 saturated heterocycles. The third-order valence-electron chi connectivity index (χ3n) is 2.03. The van der Waals surface area contributed by atoms with Crippen molar-refractivity contribution in [1.29, 1.82) is 0 Å². The van der Waals surface area contributed by atoms with Crippen LogP contribution in [0, 0.1) is 6.92 Å². The van der Waals surface area contributed by atoms with E-state index in [-0.39, 0.29) is 5.91 Å². The minimum Gasteiger partial charge on any atom is -0.335 e. The van der Waals surface area contributed by atoms with E-state index in [0.717, 1.165) is 18.7 Å². The maximum absolute atomic E-state index is 11.4. The second kappa shape index (κ2) is 2.63. The van der Waals surface area contributed by atoms with Crippen LogP contribution in [0.1, 0.15) is 15.9 Å². The molecule has 0 saturated carbocycles. The Kier molecular flexibility index (Phi) is 1.61. The molecule has 0 radical (unpaired) electrons. The van der Waals surface area contributed by atoms with Gasteiger partial charge in [0.25, 0.3) is 5.91 Å². The predicted octanol–water partition coefficient (Wildman–Crippen LogP) is 1.45. The van der Waals surface area contributed by atoms with Gasteiger partial charge in [0.05, 0.1) is 0 Å². The van der Waals surface area contributed by atoms with Crippen molar-refractivity contribution >= 4 is 5.91 Å². The van der Waals surface area contributed by atoms with Crippen molar-refractivity contribution in [3.8, 4) is 0 Å². The summed E-state index contributed by atoms with van der Waals surface area (Å²) >= 11 is 0. The summed E-state index contributed by atoms with van der Waals surface area (Å²) in [6.45, 7) is 3.87. The second-order valence-corrected chi connectivity index (χ2v) is 3.16. The lowest BCUT2D eigenvalue weighted by molar-refractivity contribution is 0.0885. The fourth-order valence-corrected chi connectivity index (χ4v) is 1.13. The Bertz CT molecular complexity index is 298. The number of benzene rings is 1. The van der Waals surface area contributed by atoms with Gasteiger partial charge in [-0.3, -0.25) is 4.79 Å². The lowest BCUT2D eigenvalue weighted by Gasteiger charge is -2.00. The molecular weight excluding hydrogens is 150 g/mol. The van der Waals surface area contributed by atoms with Crippen molar-refractivity contribution in [2.45, 2.75) is 6.92 Å². The van der Waals surface area contributed by atoms with E-state index in [1.54, 1.807) is 0 Å². The van der Waals surface area contributed by atoms with Crippen molar-refractivity contribution in [3.05, 3.63) is 35.4 Å². The quantitative estimate of drug-likeness (QED) is 0.571. The molecule has 1 heterocycles. The second-order valence-electron chi connectivity index (χ2n) is 3.16. The highest BCUT2D eigenvalue weighted by Crippen LogP contribution is 2.12. The van der Waals surface area contributed by atoms with Crippen LogP contribution in [0.5, 0.6) is 0 Å². The molecular formula is C10H11NO. The third kappa shape index (κ3) is 1.33. The zero-order chi connectivity index (χ0) is 8.55. The molecule has 1 aliphatic rings. The van der Waals surface area contributed by atoms with Crippen molar-refractivity contribution < 1.29 is 4.79 Å². The minimum atomic E-state index is 0.162. The van der Waals surface area contributed by atoms with Crippen LogP contribution in [-0.2, 0) is 0 Å². The van der Waals surface area contributed by atoms with Crippen molar-refractivity contribution in [3.63, 3.8) is 0 Å². The summed E-state index contributed by atoms with van der Waals surface area (Å²) in [5, 5.41) is 0. The first kappa shape index (κ1) is 7.35. The van der Waals surface area contributed by atoms with Crippen LogP contribution >= 0.6 is 0 Å². The highest BCUT2D eigenvalue weighted by atomic mass is 16.2. The van der Waals surface area contributed by atoms with Gasteiger partial charge in [-0.25, -0.2) is 0 Å². The average molecular weight is 161 g/mol. The summed E-state index contributed by atoms with van der Waals surface area (Å²) in [6, 6.07) is 7.71. The van der Waals surface area contributed by atoms with Gasteiger partial charge in [0.15, 0.2) is 0 Å². The van der Waals surface area contributed by atoms with Gasteiger partial charge in [0.2, 0.25) is 0 Å². The molecule has 0 bridgehead atoms. The number of amides is 1. The van der Waals surface area contributed by atoms with Gasteiger partial charge in [0.1, 0.15) is 0 Å². The Morgan fingerprint density at radius 2 is 1.83 bits per heavy atom. The molecule has 1 aliphatic heterocycles. The third-order valence-corrected chi connectivity index (χ3v) is 2.03. The van der Waals surface area contributed by atoms with Crippen molar-refractivity contribution in [2.75, 3.05) is 13.1 Å². The first-order valence-corrected chi connectivity index (χ1v) is 4.13. The van der Waals surface area contributed by atoms with E-state index in [1.807, 2.05) is 36.1 Å². The van der Waals surface area contributed by atoms with E-state index in [4.69, 9.17) is 0 Å². The molecule has 0 atom stereocenters. The van der Waals surface area contributed by atoms with Gasteiger partial charge in [0, 0.05) is 18.7 Å². The maximum atomic E-state index is 11.4. The zero-order valence-corrected chi connectivity index (χ0v) is 7.08. The van der Waals surface area contributed by atoms with Crippen molar-refractivity contribution in [1.82, 2.24) is 4.90 Å². The molecule has 2 heteroatoms. The SMILES string of the molecule is Cc1ccc(C(=O)N2CC2)cc1. The molecule has 0 aliphatic carbocycles. The number of carbonyl (C=O) groups excluding carboxylic acids is 1. The lowest BCUT2D eigenvalue weighted by Crippen LogP contribution is -2.09. The van der Waals surface area contributed by atoms with Gasteiger partial charge in [-0.2, -0.15) is 0 Å². The number of hydrogen-bond acceptors (Lipinski definition) is 1. The number of hydrogen-bond donors (Lipinski definition) is 0. The average Bonchev–Trinajstić information content (AvgIpc) is 2.87. The first-order chi connectivity index (χ1) is 5.77. The molecule has 1 aromatic carbocycles. The highest BCUT2D eigenvalue weighted by Gasteiger charge is 2.24. The Balaban J connectivity index is 2.22. The van der Waals surface area contributed by atoms with E-state index in [9.17, 15) is 4.79 Å². The summed E-state index contributed by atoms with van der Waals surface area (Å²) in [7, 11) is 0. The Morgan fingerprint density at radius 1 is 1.25 bits per heavy atom. The van der Waals surface area contributed by atoms with E-state index in [0.29, 0.717) is 0 Å². The van der Waals surface area contributed by atoms with Gasteiger partial charge < -0.3 is 4.90 Å². The van der Waals surface area contributed by atoms with Gasteiger partial charge >= 0.3 is 0 Å². The van der Waals surface area contributed by atoms with Gasteiger partial charge in [-0.05, 0) is 19.1 Å². The molecule has 0 spiro atoms. The van der Waals surface area contributed by atoms with Gasteiger partial charge in [-0.15, -0.1) is 0 Å². The van der Waals surface area contributed by atoms with E-state index in [1.165, 1.54) is 5.56 Å². The van der Waals surface area contributed by atoms with Crippen LogP contribution in [-0.4, -0.2) is 23.9 Å². The number of rotatable bonds is 1. The normalized spacial score (nSPS) is 14.6. The Hall–Kier alpha value is -1.31. The van der Waals surface area contributed by atoms with Crippen LogP contribution in [0.15, 0.2) is 24.3 Å². The van der Waals surface area contributed by atoms with E-state index in [2.05, 4.69) is 0 Å². The molecule has 62 valence electrons. The fraction of sp³-hybridized carbons (Fsp3) is 0.300. The van der Waals surface area contributed by atoms with Crippen molar-refractivity contribution in [2.24, 2.45) is 0 Å².